The average Bonchev–Trinajstić information content (AvgIpc) is 3.48. The monoisotopic (exact) mass is 376 g/mol. The summed E-state index contributed by atoms with van der Waals surface area (Å²) in [6.07, 6.45) is 2.86. The number of amides is 1. The Bertz CT molecular complexity index is 1100. The number of carbonyl (C=O) groups is 1. The van der Waals surface area contributed by atoms with Crippen molar-refractivity contribution >= 4 is 28.2 Å². The van der Waals surface area contributed by atoms with Gasteiger partial charge in [0, 0.05) is 36.4 Å². The minimum absolute atomic E-state index is 0.00655. The quantitative estimate of drug-likeness (QED) is 0.716. The van der Waals surface area contributed by atoms with E-state index in [1.807, 2.05) is 24.7 Å². The lowest BCUT2D eigenvalue weighted by Crippen LogP contribution is -2.19. The Labute approximate surface area is 163 Å². The number of rotatable bonds is 3. The molecule has 6 heteroatoms. The summed E-state index contributed by atoms with van der Waals surface area (Å²) in [5.74, 6) is 1.24. The van der Waals surface area contributed by atoms with Gasteiger partial charge in [-0.05, 0) is 49.6 Å². The zero-order valence-electron chi connectivity index (χ0n) is 16.4. The van der Waals surface area contributed by atoms with Crippen molar-refractivity contribution in [2.75, 3.05) is 17.7 Å². The third-order valence-corrected chi connectivity index (χ3v) is 5.69. The minimum Gasteiger partial charge on any atom is -0.494 e. The maximum atomic E-state index is 12.3. The fourth-order valence-electron chi connectivity index (χ4n) is 4.15. The van der Waals surface area contributed by atoms with Crippen LogP contribution in [-0.2, 0) is 11.8 Å². The number of nitrogens with one attached hydrogen (secondary N) is 2. The van der Waals surface area contributed by atoms with Crippen molar-refractivity contribution in [1.29, 1.82) is 0 Å². The second kappa shape index (κ2) is 6.26. The van der Waals surface area contributed by atoms with E-state index in [0.717, 1.165) is 22.3 Å². The first-order valence-electron chi connectivity index (χ1n) is 9.79. The normalized spacial score (nSPS) is 19.0. The van der Waals surface area contributed by atoms with Crippen LogP contribution in [0.5, 0.6) is 5.75 Å². The van der Waals surface area contributed by atoms with Crippen molar-refractivity contribution in [3.63, 3.8) is 0 Å². The highest BCUT2D eigenvalue weighted by Crippen LogP contribution is 2.45. The number of aryl methyl sites for hydroxylation is 1. The van der Waals surface area contributed by atoms with Crippen LogP contribution in [0.2, 0.25) is 0 Å². The third kappa shape index (κ3) is 2.71. The highest BCUT2D eigenvalue weighted by atomic mass is 16.5. The molecule has 2 aliphatic rings. The smallest absolute Gasteiger partial charge is 0.226 e. The van der Waals surface area contributed by atoms with Gasteiger partial charge in [-0.1, -0.05) is 6.07 Å². The minimum atomic E-state index is -0.00655. The molecule has 0 bridgehead atoms. The van der Waals surface area contributed by atoms with E-state index >= 15 is 0 Å². The standard InChI is InChI=1S/C22H24N4O2/c1-12-10-19(27)24-22-18(28-3)9-7-15(21(22)23-12)14-6-8-17-16(11-14)20(13-4-5-13)25-26(17)2/h6-9,11-13,23H,4-5,10H2,1-3H3,(H,24,27)/t12-/m1/s1. The highest BCUT2D eigenvalue weighted by molar-refractivity contribution is 6.03. The van der Waals surface area contributed by atoms with Crippen LogP contribution in [0.25, 0.3) is 22.0 Å². The summed E-state index contributed by atoms with van der Waals surface area (Å²) < 4.78 is 7.48. The summed E-state index contributed by atoms with van der Waals surface area (Å²) in [7, 11) is 3.63. The van der Waals surface area contributed by atoms with Crippen LogP contribution in [-0.4, -0.2) is 28.8 Å². The first kappa shape index (κ1) is 17.1. The molecule has 6 nitrogen and oxygen atoms in total. The lowest BCUT2D eigenvalue weighted by atomic mass is 9.99. The summed E-state index contributed by atoms with van der Waals surface area (Å²) in [5, 5.41) is 12.5. The first-order valence-corrected chi connectivity index (χ1v) is 9.79. The van der Waals surface area contributed by atoms with Crippen molar-refractivity contribution in [1.82, 2.24) is 9.78 Å². The molecule has 144 valence electrons. The van der Waals surface area contributed by atoms with E-state index in [-0.39, 0.29) is 11.9 Å². The highest BCUT2D eigenvalue weighted by Gasteiger charge is 2.29. The van der Waals surface area contributed by atoms with Gasteiger partial charge in [0.1, 0.15) is 11.4 Å². The molecule has 5 rings (SSSR count). The van der Waals surface area contributed by atoms with Crippen LogP contribution < -0.4 is 15.4 Å². The van der Waals surface area contributed by atoms with E-state index in [2.05, 4.69) is 34.9 Å². The van der Waals surface area contributed by atoms with E-state index in [0.29, 0.717) is 23.8 Å². The summed E-state index contributed by atoms with van der Waals surface area (Å²) in [5.41, 5.74) is 6.14. The van der Waals surface area contributed by atoms with Gasteiger partial charge >= 0.3 is 0 Å². The molecule has 2 aromatic carbocycles. The van der Waals surface area contributed by atoms with Gasteiger partial charge < -0.3 is 15.4 Å². The van der Waals surface area contributed by atoms with Gasteiger partial charge in [0.05, 0.1) is 24.0 Å². The predicted octanol–water partition coefficient (Wildman–Crippen LogP) is 4.27. The fraction of sp³-hybridized carbons (Fsp3) is 0.364. The van der Waals surface area contributed by atoms with Gasteiger partial charge in [-0.3, -0.25) is 9.48 Å². The summed E-state index contributed by atoms with van der Waals surface area (Å²) in [6, 6.07) is 10.5. The van der Waals surface area contributed by atoms with E-state index in [1.54, 1.807) is 7.11 Å². The molecule has 1 saturated carbocycles. The lowest BCUT2D eigenvalue weighted by molar-refractivity contribution is -0.116. The molecule has 28 heavy (non-hydrogen) atoms. The third-order valence-electron chi connectivity index (χ3n) is 5.69. The molecule has 1 amide bonds. The second-order valence-corrected chi connectivity index (χ2v) is 7.88. The van der Waals surface area contributed by atoms with E-state index in [4.69, 9.17) is 9.84 Å². The Morgan fingerprint density at radius 1 is 1.18 bits per heavy atom. The number of carbonyl (C=O) groups excluding carboxylic acids is 1. The molecule has 0 spiro atoms. The molecule has 1 fully saturated rings. The maximum Gasteiger partial charge on any atom is 0.226 e. The second-order valence-electron chi connectivity index (χ2n) is 7.88. The van der Waals surface area contributed by atoms with Crippen molar-refractivity contribution in [3.8, 4) is 16.9 Å². The maximum absolute atomic E-state index is 12.3. The Kier molecular flexibility index (Phi) is 3.82. The molecule has 2 N–H and O–H groups in total. The number of hydrogen-bond donors (Lipinski definition) is 2. The molecule has 1 atom stereocenters. The summed E-state index contributed by atoms with van der Waals surface area (Å²) in [4.78, 5) is 12.3. The Hall–Kier alpha value is -3.02. The molecular formula is C22H24N4O2. The first-order chi connectivity index (χ1) is 13.5. The Morgan fingerprint density at radius 3 is 2.75 bits per heavy atom. The number of aromatic nitrogens is 2. The molecule has 1 aliphatic carbocycles. The van der Waals surface area contributed by atoms with Gasteiger partial charge in [0.25, 0.3) is 0 Å². The zero-order chi connectivity index (χ0) is 19.4. The van der Waals surface area contributed by atoms with Crippen LogP contribution in [0.4, 0.5) is 11.4 Å². The zero-order valence-corrected chi connectivity index (χ0v) is 16.4. The van der Waals surface area contributed by atoms with Gasteiger partial charge in [-0.25, -0.2) is 0 Å². The molecule has 2 heterocycles. The molecule has 0 saturated heterocycles. The number of anilines is 2. The number of methoxy groups -OCH3 is 1. The molecule has 0 radical (unpaired) electrons. The van der Waals surface area contributed by atoms with Crippen molar-refractivity contribution in [2.24, 2.45) is 7.05 Å². The van der Waals surface area contributed by atoms with Gasteiger partial charge in [0.15, 0.2) is 0 Å². The Balaban J connectivity index is 1.70. The summed E-state index contributed by atoms with van der Waals surface area (Å²) >= 11 is 0. The van der Waals surface area contributed by atoms with Crippen LogP contribution in [0, 0.1) is 0 Å². The number of benzene rings is 2. The average molecular weight is 376 g/mol. The molecule has 1 aliphatic heterocycles. The number of nitrogens with zero attached hydrogens (tertiary/aromatic N) is 2. The van der Waals surface area contributed by atoms with Crippen molar-refractivity contribution < 1.29 is 9.53 Å². The molecule has 3 aromatic rings. The van der Waals surface area contributed by atoms with Crippen molar-refractivity contribution in [3.05, 3.63) is 36.0 Å². The van der Waals surface area contributed by atoms with Crippen LogP contribution in [0.15, 0.2) is 30.3 Å². The Morgan fingerprint density at radius 2 is 2.00 bits per heavy atom. The molecule has 0 unspecified atom stereocenters. The van der Waals surface area contributed by atoms with E-state index in [1.165, 1.54) is 23.9 Å². The van der Waals surface area contributed by atoms with Gasteiger partial charge in [0.2, 0.25) is 5.91 Å². The molecular weight excluding hydrogens is 352 g/mol. The largest absolute Gasteiger partial charge is 0.494 e. The summed E-state index contributed by atoms with van der Waals surface area (Å²) in [6.45, 7) is 2.02. The topological polar surface area (TPSA) is 68.2 Å². The lowest BCUT2D eigenvalue weighted by Gasteiger charge is -2.19. The van der Waals surface area contributed by atoms with E-state index < -0.39 is 0 Å². The van der Waals surface area contributed by atoms with Crippen LogP contribution in [0.3, 0.4) is 0 Å². The van der Waals surface area contributed by atoms with Gasteiger partial charge in [-0.2, -0.15) is 5.10 Å². The number of ether oxygens (including phenoxy) is 1. The van der Waals surface area contributed by atoms with Gasteiger partial charge in [-0.15, -0.1) is 0 Å². The number of hydrogen-bond acceptors (Lipinski definition) is 4. The number of fused-ring (bicyclic) bond motifs is 2. The fourth-order valence-corrected chi connectivity index (χ4v) is 4.15. The van der Waals surface area contributed by atoms with Crippen LogP contribution in [0.1, 0.15) is 37.8 Å². The predicted molar refractivity (Wildman–Crippen MR) is 111 cm³/mol. The van der Waals surface area contributed by atoms with Crippen molar-refractivity contribution in [2.45, 2.75) is 38.1 Å². The van der Waals surface area contributed by atoms with E-state index in [9.17, 15) is 4.79 Å². The SMILES string of the molecule is COc1ccc(-c2ccc3c(c2)c(C2CC2)nn3C)c2c1NC(=O)C[C@@H](C)N2. The molecule has 1 aromatic heterocycles. The van der Waals surface area contributed by atoms with Crippen LogP contribution >= 0.6 is 0 Å².